The molecule has 0 saturated heterocycles. The summed E-state index contributed by atoms with van der Waals surface area (Å²) in [6.45, 7) is 4.57. The number of benzene rings is 8. The fraction of sp³-hybridized carbons (Fsp3) is 0.0638. The van der Waals surface area contributed by atoms with Gasteiger partial charge in [-0.3, -0.25) is 4.57 Å². The topological polar surface area (TPSA) is 30.7 Å². The van der Waals surface area contributed by atoms with Crippen molar-refractivity contribution in [1.29, 1.82) is 0 Å². The molecular formula is C47H31N3. The van der Waals surface area contributed by atoms with Crippen molar-refractivity contribution in [3.05, 3.63) is 163 Å². The summed E-state index contributed by atoms with van der Waals surface area (Å²) in [4.78, 5) is 11.5. The van der Waals surface area contributed by atoms with Crippen LogP contribution in [-0.2, 0) is 5.41 Å². The van der Waals surface area contributed by atoms with Crippen molar-refractivity contribution in [2.24, 2.45) is 0 Å². The molecule has 2 heterocycles. The Morgan fingerprint density at radius 1 is 0.440 bits per heavy atom. The Balaban J connectivity index is 1.35. The van der Waals surface area contributed by atoms with Gasteiger partial charge in [0.15, 0.2) is 5.82 Å². The maximum atomic E-state index is 5.77. The van der Waals surface area contributed by atoms with E-state index in [-0.39, 0.29) is 5.41 Å². The molecule has 11 rings (SSSR count). The molecule has 0 radical (unpaired) electrons. The lowest BCUT2D eigenvalue weighted by Gasteiger charge is -2.22. The Labute approximate surface area is 289 Å². The van der Waals surface area contributed by atoms with E-state index in [2.05, 4.69) is 170 Å². The number of hydrogen-bond acceptors (Lipinski definition) is 2. The number of fused-ring (bicyclic) bond motifs is 13. The van der Waals surface area contributed by atoms with Crippen LogP contribution in [0.25, 0.3) is 93.2 Å². The summed E-state index contributed by atoms with van der Waals surface area (Å²) >= 11 is 0. The molecule has 3 heteroatoms. The smallest absolute Gasteiger partial charge is 0.164 e. The van der Waals surface area contributed by atoms with Crippen LogP contribution in [0.15, 0.2) is 152 Å². The van der Waals surface area contributed by atoms with Gasteiger partial charge >= 0.3 is 0 Å². The minimum atomic E-state index is -0.306. The lowest BCUT2D eigenvalue weighted by molar-refractivity contribution is 0.633. The first-order valence-corrected chi connectivity index (χ1v) is 17.4. The number of para-hydroxylation sites is 1. The zero-order valence-electron chi connectivity index (χ0n) is 27.8. The van der Waals surface area contributed by atoms with Gasteiger partial charge in [-0.25, -0.2) is 9.97 Å². The van der Waals surface area contributed by atoms with E-state index >= 15 is 0 Å². The van der Waals surface area contributed by atoms with Gasteiger partial charge in [-0.15, -0.1) is 0 Å². The summed E-state index contributed by atoms with van der Waals surface area (Å²) in [5.41, 5.74) is 8.33. The molecule has 0 amide bonds. The highest BCUT2D eigenvalue weighted by Gasteiger charge is 2.39. The third-order valence-corrected chi connectivity index (χ3v) is 11.1. The van der Waals surface area contributed by atoms with Gasteiger partial charge in [-0.1, -0.05) is 147 Å². The molecule has 0 N–H and O–H groups in total. The van der Waals surface area contributed by atoms with Gasteiger partial charge in [0.2, 0.25) is 0 Å². The third kappa shape index (κ3) is 3.59. The molecule has 0 bridgehead atoms. The standard InChI is InChI=1S/C47H31N3/c1-47(2)39-24-11-9-21-36(39)43-45(47)49-46(50-40-25-12-10-19-33(40)38-26-28-14-3-4-15-29(28)27-41(38)50)44(48-43)37-23-13-22-35-32-17-6-5-16-30(32)31-18-7-8-20-34(31)42(35)37/h3-27H,1-2H3. The van der Waals surface area contributed by atoms with Crippen LogP contribution in [-0.4, -0.2) is 14.5 Å². The number of rotatable bonds is 2. The molecule has 8 aromatic carbocycles. The Kier molecular flexibility index (Phi) is 5.45. The zero-order chi connectivity index (χ0) is 33.1. The van der Waals surface area contributed by atoms with Gasteiger partial charge in [0.05, 0.1) is 22.4 Å². The van der Waals surface area contributed by atoms with Crippen molar-refractivity contribution in [2.75, 3.05) is 0 Å². The van der Waals surface area contributed by atoms with Gasteiger partial charge in [-0.2, -0.15) is 0 Å². The van der Waals surface area contributed by atoms with Crippen LogP contribution in [0, 0.1) is 0 Å². The average molecular weight is 638 g/mol. The highest BCUT2D eigenvalue weighted by atomic mass is 15.1. The van der Waals surface area contributed by atoms with Crippen LogP contribution in [0.4, 0.5) is 0 Å². The second-order valence-electron chi connectivity index (χ2n) is 14.2. The van der Waals surface area contributed by atoms with E-state index < -0.39 is 0 Å². The molecule has 0 fully saturated rings. The fourth-order valence-electron chi connectivity index (χ4n) is 8.79. The van der Waals surface area contributed by atoms with Crippen molar-refractivity contribution in [2.45, 2.75) is 19.3 Å². The third-order valence-electron chi connectivity index (χ3n) is 11.1. The monoisotopic (exact) mass is 637 g/mol. The SMILES string of the molecule is CC1(C)c2ccccc2-c2nc(-c3cccc4c5ccccc5c5ccccc5c34)c(-n3c4ccccc4c4cc5ccccc5cc43)nc21. The molecule has 2 aromatic heterocycles. The molecule has 1 aliphatic carbocycles. The molecule has 10 aromatic rings. The summed E-state index contributed by atoms with van der Waals surface area (Å²) in [5.74, 6) is 0.857. The Bertz CT molecular complexity index is 3030. The Morgan fingerprint density at radius 3 is 1.76 bits per heavy atom. The maximum Gasteiger partial charge on any atom is 0.164 e. The second kappa shape index (κ2) is 9.87. The summed E-state index contributed by atoms with van der Waals surface area (Å²) in [6, 6.07) is 55.0. The van der Waals surface area contributed by atoms with E-state index in [9.17, 15) is 0 Å². The Morgan fingerprint density at radius 2 is 1.00 bits per heavy atom. The minimum absolute atomic E-state index is 0.306. The van der Waals surface area contributed by atoms with Crippen LogP contribution >= 0.6 is 0 Å². The van der Waals surface area contributed by atoms with Crippen molar-refractivity contribution in [3.63, 3.8) is 0 Å². The average Bonchev–Trinajstić information content (AvgIpc) is 3.60. The zero-order valence-corrected chi connectivity index (χ0v) is 27.8. The van der Waals surface area contributed by atoms with Crippen molar-refractivity contribution < 1.29 is 0 Å². The van der Waals surface area contributed by atoms with E-state index in [0.717, 1.165) is 45.1 Å². The molecule has 50 heavy (non-hydrogen) atoms. The van der Waals surface area contributed by atoms with Crippen LogP contribution < -0.4 is 0 Å². The van der Waals surface area contributed by atoms with Gasteiger partial charge < -0.3 is 0 Å². The van der Waals surface area contributed by atoms with E-state index in [1.807, 2.05) is 0 Å². The number of aromatic nitrogens is 3. The summed E-state index contributed by atoms with van der Waals surface area (Å²) in [6.07, 6.45) is 0. The van der Waals surface area contributed by atoms with E-state index in [1.54, 1.807) is 0 Å². The highest BCUT2D eigenvalue weighted by molar-refractivity contribution is 6.28. The van der Waals surface area contributed by atoms with Crippen LogP contribution in [0.3, 0.4) is 0 Å². The highest BCUT2D eigenvalue weighted by Crippen LogP contribution is 2.50. The van der Waals surface area contributed by atoms with Gasteiger partial charge in [-0.05, 0) is 66.9 Å². The normalized spacial score (nSPS) is 13.6. The molecule has 234 valence electrons. The number of hydrogen-bond donors (Lipinski definition) is 0. The minimum Gasteiger partial charge on any atom is -0.292 e. The lowest BCUT2D eigenvalue weighted by Crippen LogP contribution is -2.18. The van der Waals surface area contributed by atoms with Crippen LogP contribution in [0.2, 0.25) is 0 Å². The molecule has 3 nitrogen and oxygen atoms in total. The summed E-state index contributed by atoms with van der Waals surface area (Å²) in [5, 5.41) is 12.2. The van der Waals surface area contributed by atoms with Crippen LogP contribution in [0.5, 0.6) is 0 Å². The molecule has 0 aliphatic heterocycles. The lowest BCUT2D eigenvalue weighted by atomic mass is 9.85. The molecule has 0 atom stereocenters. The molecule has 0 spiro atoms. The van der Waals surface area contributed by atoms with Crippen molar-refractivity contribution in [1.82, 2.24) is 14.5 Å². The predicted octanol–water partition coefficient (Wildman–Crippen LogP) is 12.2. The molecule has 0 saturated carbocycles. The maximum absolute atomic E-state index is 5.77. The fourth-order valence-corrected chi connectivity index (χ4v) is 8.79. The first kappa shape index (κ1) is 27.6. The molecule has 0 unspecified atom stereocenters. The van der Waals surface area contributed by atoms with Crippen LogP contribution in [0.1, 0.15) is 25.1 Å². The van der Waals surface area contributed by atoms with E-state index in [0.29, 0.717) is 0 Å². The Hall–Kier alpha value is -6.32. The van der Waals surface area contributed by atoms with Gasteiger partial charge in [0, 0.05) is 27.3 Å². The molecule has 1 aliphatic rings. The first-order chi connectivity index (χ1) is 24.6. The number of nitrogens with zero attached hydrogens (tertiary/aromatic N) is 3. The summed E-state index contributed by atoms with van der Waals surface area (Å²) in [7, 11) is 0. The van der Waals surface area contributed by atoms with Crippen molar-refractivity contribution in [3.8, 4) is 28.3 Å². The summed E-state index contributed by atoms with van der Waals surface area (Å²) < 4.78 is 2.38. The van der Waals surface area contributed by atoms with Crippen molar-refractivity contribution >= 4 is 64.9 Å². The molecular weight excluding hydrogens is 607 g/mol. The predicted molar refractivity (Wildman–Crippen MR) is 209 cm³/mol. The second-order valence-corrected chi connectivity index (χ2v) is 14.2. The largest absolute Gasteiger partial charge is 0.292 e. The van der Waals surface area contributed by atoms with E-state index in [4.69, 9.17) is 9.97 Å². The first-order valence-electron chi connectivity index (χ1n) is 17.4. The van der Waals surface area contributed by atoms with E-state index in [1.165, 1.54) is 59.4 Å². The van der Waals surface area contributed by atoms with Gasteiger partial charge in [0.25, 0.3) is 0 Å². The quantitative estimate of drug-likeness (QED) is 0.177. The van der Waals surface area contributed by atoms with Gasteiger partial charge in [0.1, 0.15) is 5.69 Å².